The van der Waals surface area contributed by atoms with Crippen molar-refractivity contribution in [2.45, 2.75) is 19.3 Å². The van der Waals surface area contributed by atoms with Crippen LogP contribution in [0.2, 0.25) is 0 Å². The summed E-state index contributed by atoms with van der Waals surface area (Å²) in [6.45, 7) is 0.169. The number of aromatic amines is 1. The molecule has 0 fully saturated rings. The number of hydrogen-bond donors (Lipinski definition) is 4. The van der Waals surface area contributed by atoms with Crippen molar-refractivity contribution in [2.24, 2.45) is 11.6 Å². The number of hydrogen-bond acceptors (Lipinski definition) is 4. The molecule has 2 rings (SSSR count). The second-order valence-corrected chi connectivity index (χ2v) is 4.79. The van der Waals surface area contributed by atoms with Gasteiger partial charge in [-0.2, -0.15) is 0 Å². The van der Waals surface area contributed by atoms with Crippen molar-refractivity contribution in [3.8, 4) is 0 Å². The number of amides is 2. The van der Waals surface area contributed by atoms with E-state index in [2.05, 4.69) is 4.98 Å². The van der Waals surface area contributed by atoms with Crippen LogP contribution in [-0.4, -0.2) is 29.0 Å². The summed E-state index contributed by atoms with van der Waals surface area (Å²) in [6, 6.07) is 5.56. The van der Waals surface area contributed by atoms with Gasteiger partial charge < -0.3 is 15.8 Å². The Morgan fingerprint density at radius 3 is 2.76 bits per heavy atom. The number of hydrazine groups is 1. The summed E-state index contributed by atoms with van der Waals surface area (Å²) in [7, 11) is 0. The number of nitrogens with two attached hydrogens (primary N) is 2. The number of carbonyl (C=O) groups excluding carboxylic acids is 2. The number of H-pyrrole nitrogens is 1. The number of nitrogens with zero attached hydrogens (tertiary/aromatic N) is 1. The first kappa shape index (κ1) is 15.0. The first-order valence-corrected chi connectivity index (χ1v) is 6.63. The van der Waals surface area contributed by atoms with Crippen LogP contribution in [0.3, 0.4) is 0 Å². The van der Waals surface area contributed by atoms with E-state index in [0.717, 1.165) is 29.8 Å². The van der Waals surface area contributed by atoms with Gasteiger partial charge in [0.25, 0.3) is 5.91 Å². The molecular weight excluding hydrogens is 272 g/mol. The topological polar surface area (TPSA) is 125 Å². The van der Waals surface area contributed by atoms with E-state index >= 15 is 0 Å². The van der Waals surface area contributed by atoms with Crippen molar-refractivity contribution in [1.29, 1.82) is 0 Å². The summed E-state index contributed by atoms with van der Waals surface area (Å²) in [5, 5.41) is 10.2. The third kappa shape index (κ3) is 3.04. The van der Waals surface area contributed by atoms with Gasteiger partial charge in [0.1, 0.15) is 5.82 Å². The van der Waals surface area contributed by atoms with Gasteiger partial charge in [0.15, 0.2) is 0 Å². The Bertz CT molecular complexity index is 666. The largest absolute Gasteiger partial charge is 0.396 e. The van der Waals surface area contributed by atoms with Gasteiger partial charge in [-0.1, -0.05) is 12.1 Å². The van der Waals surface area contributed by atoms with E-state index in [1.807, 2.05) is 12.1 Å². The molecule has 7 heteroatoms. The molecule has 0 aliphatic carbocycles. The predicted molar refractivity (Wildman–Crippen MR) is 79.6 cm³/mol. The smallest absolute Gasteiger partial charge is 0.253 e. The molecule has 0 aliphatic heterocycles. The molecule has 6 N–H and O–H groups in total. The highest BCUT2D eigenvalue weighted by Crippen LogP contribution is 2.28. The summed E-state index contributed by atoms with van der Waals surface area (Å²) in [5.41, 5.74) is 7.32. The monoisotopic (exact) mass is 290 g/mol. The van der Waals surface area contributed by atoms with Crippen LogP contribution >= 0.6 is 0 Å². The molecule has 1 heterocycles. The summed E-state index contributed by atoms with van der Waals surface area (Å²) < 4.78 is 0. The molecule has 1 aromatic heterocycles. The zero-order valence-electron chi connectivity index (χ0n) is 11.5. The zero-order valence-corrected chi connectivity index (χ0v) is 11.5. The van der Waals surface area contributed by atoms with E-state index in [0.29, 0.717) is 17.3 Å². The Balaban J connectivity index is 2.44. The number of primary amides is 1. The lowest BCUT2D eigenvalue weighted by Gasteiger charge is -2.08. The minimum Gasteiger partial charge on any atom is -0.396 e. The van der Waals surface area contributed by atoms with Crippen LogP contribution in [0, 0.1) is 0 Å². The number of rotatable bonds is 7. The molecule has 0 atom stereocenters. The average Bonchev–Trinajstić information content (AvgIpc) is 2.85. The zero-order chi connectivity index (χ0) is 15.4. The van der Waals surface area contributed by atoms with Gasteiger partial charge in [0.2, 0.25) is 6.41 Å². The van der Waals surface area contributed by atoms with Gasteiger partial charge in [0, 0.05) is 17.5 Å². The maximum Gasteiger partial charge on any atom is 0.253 e. The van der Waals surface area contributed by atoms with Crippen molar-refractivity contribution < 1.29 is 14.7 Å². The average molecular weight is 290 g/mol. The lowest BCUT2D eigenvalue weighted by atomic mass is 10.0. The molecule has 0 spiro atoms. The number of aryl methyl sites for hydroxylation is 1. The van der Waals surface area contributed by atoms with Gasteiger partial charge in [-0.15, -0.1) is 0 Å². The van der Waals surface area contributed by atoms with E-state index in [4.69, 9.17) is 16.7 Å². The molecule has 0 radical (unpaired) electrons. The maximum atomic E-state index is 11.6. The van der Waals surface area contributed by atoms with Crippen LogP contribution in [0.5, 0.6) is 0 Å². The minimum atomic E-state index is -0.651. The molecule has 2 amide bonds. The Labute approximate surface area is 121 Å². The first-order chi connectivity index (χ1) is 10.1. The fourth-order valence-corrected chi connectivity index (χ4v) is 2.32. The fourth-order valence-electron chi connectivity index (χ4n) is 2.32. The third-order valence-corrected chi connectivity index (χ3v) is 3.33. The van der Waals surface area contributed by atoms with E-state index in [1.54, 1.807) is 6.07 Å². The molecule has 0 saturated carbocycles. The lowest BCUT2D eigenvalue weighted by molar-refractivity contribution is -0.107. The highest BCUT2D eigenvalue weighted by atomic mass is 16.3. The Morgan fingerprint density at radius 1 is 1.38 bits per heavy atom. The summed E-state index contributed by atoms with van der Waals surface area (Å²) in [4.78, 5) is 25.3. The highest BCUT2D eigenvalue weighted by molar-refractivity contribution is 6.12. The van der Waals surface area contributed by atoms with E-state index in [1.165, 1.54) is 0 Å². The maximum absolute atomic E-state index is 11.6. The van der Waals surface area contributed by atoms with Crippen LogP contribution < -0.4 is 16.6 Å². The number of carbonyl (C=O) groups is 2. The SMILES string of the molecule is NC(=O)c1c(N(N)C=O)[nH]c2cc(CCCCO)ccc12. The highest BCUT2D eigenvalue weighted by Gasteiger charge is 2.19. The molecule has 0 saturated heterocycles. The van der Waals surface area contributed by atoms with Crippen LogP contribution in [0.15, 0.2) is 18.2 Å². The Kier molecular flexibility index (Phi) is 4.56. The van der Waals surface area contributed by atoms with Crippen molar-refractivity contribution in [1.82, 2.24) is 4.98 Å². The van der Waals surface area contributed by atoms with Crippen molar-refractivity contribution in [3.05, 3.63) is 29.3 Å². The second kappa shape index (κ2) is 6.38. The fraction of sp³-hybridized carbons (Fsp3) is 0.286. The van der Waals surface area contributed by atoms with E-state index in [9.17, 15) is 9.59 Å². The van der Waals surface area contributed by atoms with E-state index < -0.39 is 5.91 Å². The standard InChI is InChI=1S/C14H18N4O3/c15-13(21)12-10-5-4-9(3-1-2-6-19)7-11(10)17-14(12)18(16)8-20/h4-5,7-8,17,19H,1-3,6,16H2,(H2,15,21). The van der Waals surface area contributed by atoms with Gasteiger partial charge in [-0.3, -0.25) is 9.59 Å². The molecule has 2 aromatic rings. The van der Waals surface area contributed by atoms with Crippen LogP contribution in [0.4, 0.5) is 5.82 Å². The molecule has 0 bridgehead atoms. The number of aliphatic hydroxyl groups is 1. The molecule has 7 nitrogen and oxygen atoms in total. The van der Waals surface area contributed by atoms with Crippen molar-refractivity contribution in [2.75, 3.05) is 11.6 Å². The number of aromatic nitrogens is 1. The quantitative estimate of drug-likeness (QED) is 0.194. The van der Waals surface area contributed by atoms with Crippen LogP contribution in [0.1, 0.15) is 28.8 Å². The Hall–Kier alpha value is -2.38. The Morgan fingerprint density at radius 2 is 2.14 bits per heavy atom. The number of nitrogens with one attached hydrogen (secondary N) is 1. The van der Waals surface area contributed by atoms with Gasteiger partial charge >= 0.3 is 0 Å². The molecule has 21 heavy (non-hydrogen) atoms. The normalized spacial score (nSPS) is 10.8. The molecular formula is C14H18N4O3. The first-order valence-electron chi connectivity index (χ1n) is 6.63. The van der Waals surface area contributed by atoms with Crippen LogP contribution in [-0.2, 0) is 11.2 Å². The number of benzene rings is 1. The molecule has 0 unspecified atom stereocenters. The molecule has 0 aliphatic rings. The summed E-state index contributed by atoms with van der Waals surface area (Å²) in [5.74, 6) is 5.06. The van der Waals surface area contributed by atoms with Gasteiger partial charge in [-0.25, -0.2) is 10.9 Å². The molecule has 1 aromatic carbocycles. The van der Waals surface area contributed by atoms with Gasteiger partial charge in [-0.05, 0) is 30.9 Å². The van der Waals surface area contributed by atoms with E-state index in [-0.39, 0.29) is 18.0 Å². The number of aliphatic hydroxyl groups excluding tert-OH is 1. The number of fused-ring (bicyclic) bond motifs is 1. The number of unbranched alkanes of at least 4 members (excludes halogenated alkanes) is 1. The summed E-state index contributed by atoms with van der Waals surface area (Å²) >= 11 is 0. The predicted octanol–water partition coefficient (Wildman–Crippen LogP) is 0.418. The summed E-state index contributed by atoms with van der Waals surface area (Å²) in [6.07, 6.45) is 2.83. The van der Waals surface area contributed by atoms with Crippen molar-refractivity contribution in [3.63, 3.8) is 0 Å². The molecule has 112 valence electrons. The minimum absolute atomic E-state index is 0.169. The van der Waals surface area contributed by atoms with Crippen molar-refractivity contribution >= 4 is 29.0 Å². The second-order valence-electron chi connectivity index (χ2n) is 4.79. The third-order valence-electron chi connectivity index (χ3n) is 3.33. The lowest BCUT2D eigenvalue weighted by Crippen LogP contribution is -2.31. The van der Waals surface area contributed by atoms with Crippen LogP contribution in [0.25, 0.3) is 10.9 Å². The van der Waals surface area contributed by atoms with Gasteiger partial charge in [0.05, 0.1) is 5.56 Å². The number of anilines is 1.